The second-order valence-electron chi connectivity index (χ2n) is 4.69. The minimum Gasteiger partial charge on any atom is -0.337 e. The van der Waals surface area contributed by atoms with E-state index >= 15 is 0 Å². The molecule has 1 aromatic carbocycles. The van der Waals surface area contributed by atoms with Crippen LogP contribution in [0, 0.1) is 0 Å². The summed E-state index contributed by atoms with van der Waals surface area (Å²) in [7, 11) is 1.83. The summed E-state index contributed by atoms with van der Waals surface area (Å²) in [6.45, 7) is 0.720. The van der Waals surface area contributed by atoms with E-state index in [-0.39, 0.29) is 11.4 Å². The Morgan fingerprint density at radius 2 is 2.13 bits per heavy atom. The van der Waals surface area contributed by atoms with Crippen LogP contribution in [0.3, 0.4) is 0 Å². The molecule has 1 amide bonds. The summed E-state index contributed by atoms with van der Waals surface area (Å²) in [4.78, 5) is 13.4. The number of carbonyl (C=O) groups excluding carboxylic acids is 1. The van der Waals surface area contributed by atoms with E-state index in [0.717, 1.165) is 30.5 Å². The van der Waals surface area contributed by atoms with Gasteiger partial charge in [-0.25, -0.2) is 0 Å². The average molecular weight is 202 g/mol. The van der Waals surface area contributed by atoms with Gasteiger partial charge in [-0.15, -0.1) is 0 Å². The fourth-order valence-electron chi connectivity index (χ4n) is 2.20. The van der Waals surface area contributed by atoms with E-state index in [2.05, 4.69) is 6.07 Å². The first-order valence-corrected chi connectivity index (χ1v) is 5.28. The molecule has 1 saturated carbocycles. The van der Waals surface area contributed by atoms with Crippen molar-refractivity contribution in [2.75, 3.05) is 7.05 Å². The molecule has 1 heterocycles. The maximum Gasteiger partial charge on any atom is 0.254 e. The highest BCUT2D eigenvalue weighted by Crippen LogP contribution is 2.43. The van der Waals surface area contributed by atoms with Gasteiger partial charge >= 0.3 is 0 Å². The molecule has 78 valence electrons. The zero-order chi connectivity index (χ0) is 10.6. The maximum atomic E-state index is 11.7. The molecule has 3 rings (SSSR count). The van der Waals surface area contributed by atoms with Gasteiger partial charge in [0.25, 0.3) is 5.91 Å². The lowest BCUT2D eigenvalue weighted by molar-refractivity contribution is 0.0816. The van der Waals surface area contributed by atoms with Gasteiger partial charge in [-0.1, -0.05) is 12.1 Å². The Morgan fingerprint density at radius 1 is 1.40 bits per heavy atom. The van der Waals surface area contributed by atoms with Crippen LogP contribution in [0.2, 0.25) is 0 Å². The molecule has 15 heavy (non-hydrogen) atoms. The first kappa shape index (κ1) is 8.92. The van der Waals surface area contributed by atoms with Crippen molar-refractivity contribution in [2.45, 2.75) is 24.9 Å². The molecule has 0 unspecified atom stereocenters. The lowest BCUT2D eigenvalue weighted by Crippen LogP contribution is -2.18. The van der Waals surface area contributed by atoms with Crippen molar-refractivity contribution in [3.05, 3.63) is 34.9 Å². The SMILES string of the molecule is CN1Cc2cc(C3(N)CC3)ccc2C1=O. The molecule has 0 spiro atoms. The average Bonchev–Trinajstić information content (AvgIpc) is 2.90. The Morgan fingerprint density at radius 3 is 2.80 bits per heavy atom. The van der Waals surface area contributed by atoms with E-state index in [1.807, 2.05) is 19.2 Å². The molecule has 0 bridgehead atoms. The van der Waals surface area contributed by atoms with Gasteiger partial charge in [0.15, 0.2) is 0 Å². The van der Waals surface area contributed by atoms with E-state index in [1.165, 1.54) is 5.56 Å². The molecule has 0 atom stereocenters. The van der Waals surface area contributed by atoms with Crippen molar-refractivity contribution < 1.29 is 4.79 Å². The molecule has 0 aromatic heterocycles. The number of amides is 1. The summed E-state index contributed by atoms with van der Waals surface area (Å²) in [6.07, 6.45) is 2.13. The topological polar surface area (TPSA) is 46.3 Å². The van der Waals surface area contributed by atoms with Gasteiger partial charge in [0, 0.05) is 24.7 Å². The van der Waals surface area contributed by atoms with Crippen LogP contribution in [0.1, 0.15) is 34.3 Å². The number of rotatable bonds is 1. The van der Waals surface area contributed by atoms with Crippen molar-refractivity contribution >= 4 is 5.91 Å². The number of hydrogen-bond acceptors (Lipinski definition) is 2. The standard InChI is InChI=1S/C12H14N2O/c1-14-7-8-6-9(12(13)4-5-12)2-3-10(8)11(14)15/h2-3,6H,4-5,7,13H2,1H3. The van der Waals surface area contributed by atoms with Crippen molar-refractivity contribution in [3.8, 4) is 0 Å². The van der Waals surface area contributed by atoms with Crippen molar-refractivity contribution in [3.63, 3.8) is 0 Å². The smallest absolute Gasteiger partial charge is 0.254 e. The fraction of sp³-hybridized carbons (Fsp3) is 0.417. The van der Waals surface area contributed by atoms with Crippen molar-refractivity contribution in [1.82, 2.24) is 4.90 Å². The van der Waals surface area contributed by atoms with Crippen LogP contribution in [-0.4, -0.2) is 17.9 Å². The van der Waals surface area contributed by atoms with E-state index in [1.54, 1.807) is 4.90 Å². The van der Waals surface area contributed by atoms with Crippen LogP contribution in [0.15, 0.2) is 18.2 Å². The Balaban J connectivity index is 2.06. The highest BCUT2D eigenvalue weighted by Gasteiger charge is 2.40. The van der Waals surface area contributed by atoms with Crippen molar-refractivity contribution in [2.24, 2.45) is 5.73 Å². The highest BCUT2D eigenvalue weighted by molar-refractivity contribution is 5.98. The number of hydrogen-bond donors (Lipinski definition) is 1. The fourth-order valence-corrected chi connectivity index (χ4v) is 2.20. The van der Waals surface area contributed by atoms with Crippen LogP contribution >= 0.6 is 0 Å². The Hall–Kier alpha value is -1.35. The summed E-state index contributed by atoms with van der Waals surface area (Å²) in [5, 5.41) is 0. The number of nitrogens with zero attached hydrogens (tertiary/aromatic N) is 1. The molecule has 3 nitrogen and oxygen atoms in total. The van der Waals surface area contributed by atoms with E-state index in [9.17, 15) is 4.79 Å². The van der Waals surface area contributed by atoms with Crippen LogP contribution in [0.25, 0.3) is 0 Å². The number of fused-ring (bicyclic) bond motifs is 1. The van der Waals surface area contributed by atoms with Crippen molar-refractivity contribution in [1.29, 1.82) is 0 Å². The van der Waals surface area contributed by atoms with Gasteiger partial charge in [-0.05, 0) is 30.0 Å². The molecule has 0 radical (unpaired) electrons. The zero-order valence-corrected chi connectivity index (χ0v) is 8.79. The minimum atomic E-state index is -0.0980. The predicted octanol–water partition coefficient (Wildman–Crippen LogP) is 1.22. The van der Waals surface area contributed by atoms with E-state index in [0.29, 0.717) is 0 Å². The maximum absolute atomic E-state index is 11.7. The molecule has 1 aliphatic heterocycles. The van der Waals surface area contributed by atoms with Crippen LogP contribution in [0.5, 0.6) is 0 Å². The minimum absolute atomic E-state index is 0.0980. The molecule has 1 fully saturated rings. The van der Waals surface area contributed by atoms with Crippen LogP contribution in [-0.2, 0) is 12.1 Å². The third-order valence-corrected chi connectivity index (χ3v) is 3.45. The monoisotopic (exact) mass is 202 g/mol. The zero-order valence-electron chi connectivity index (χ0n) is 8.79. The molecule has 2 aliphatic rings. The van der Waals surface area contributed by atoms with E-state index in [4.69, 9.17) is 5.73 Å². The van der Waals surface area contributed by atoms with Crippen LogP contribution < -0.4 is 5.73 Å². The lowest BCUT2D eigenvalue weighted by Gasteiger charge is -2.09. The number of carbonyl (C=O) groups is 1. The van der Waals surface area contributed by atoms with Gasteiger partial charge in [0.1, 0.15) is 0 Å². The second kappa shape index (κ2) is 2.61. The first-order chi connectivity index (χ1) is 7.10. The highest BCUT2D eigenvalue weighted by atomic mass is 16.2. The molecule has 0 saturated heterocycles. The van der Waals surface area contributed by atoms with E-state index < -0.39 is 0 Å². The molecular formula is C12H14N2O. The van der Waals surface area contributed by atoms with Crippen LogP contribution in [0.4, 0.5) is 0 Å². The van der Waals surface area contributed by atoms with Gasteiger partial charge < -0.3 is 10.6 Å². The third-order valence-electron chi connectivity index (χ3n) is 3.45. The normalized spacial score (nSPS) is 21.7. The lowest BCUT2D eigenvalue weighted by atomic mass is 10.00. The summed E-state index contributed by atoms with van der Waals surface area (Å²) in [6, 6.07) is 6.02. The second-order valence-corrected chi connectivity index (χ2v) is 4.69. The predicted molar refractivity (Wildman–Crippen MR) is 57.3 cm³/mol. The molecular weight excluding hydrogens is 188 g/mol. The summed E-state index contributed by atoms with van der Waals surface area (Å²) >= 11 is 0. The molecule has 2 N–H and O–H groups in total. The summed E-state index contributed by atoms with van der Waals surface area (Å²) in [5.41, 5.74) is 9.18. The Bertz CT molecular complexity index is 449. The van der Waals surface area contributed by atoms with Gasteiger partial charge in [0.2, 0.25) is 0 Å². The molecule has 3 heteroatoms. The molecule has 1 aliphatic carbocycles. The summed E-state index contributed by atoms with van der Waals surface area (Å²) in [5.74, 6) is 0.124. The Labute approximate surface area is 88.9 Å². The quantitative estimate of drug-likeness (QED) is 0.744. The Kier molecular flexibility index (Phi) is 1.55. The van der Waals surface area contributed by atoms with Gasteiger partial charge in [-0.3, -0.25) is 4.79 Å². The third kappa shape index (κ3) is 1.20. The number of nitrogens with two attached hydrogens (primary N) is 1. The summed E-state index contributed by atoms with van der Waals surface area (Å²) < 4.78 is 0. The first-order valence-electron chi connectivity index (χ1n) is 5.28. The number of benzene rings is 1. The molecule has 1 aromatic rings. The van der Waals surface area contributed by atoms with Gasteiger partial charge in [-0.2, -0.15) is 0 Å². The largest absolute Gasteiger partial charge is 0.337 e. The van der Waals surface area contributed by atoms with Gasteiger partial charge in [0.05, 0.1) is 0 Å².